The molecule has 1 fully saturated rings. The lowest BCUT2D eigenvalue weighted by Crippen LogP contribution is -3.11. The summed E-state index contributed by atoms with van der Waals surface area (Å²) in [4.78, 5) is 25.0. The molecule has 0 aromatic heterocycles. The summed E-state index contributed by atoms with van der Waals surface area (Å²) in [6, 6.07) is 6.18. The van der Waals surface area contributed by atoms with Gasteiger partial charge in [-0.2, -0.15) is 0 Å². The Morgan fingerprint density at radius 2 is 1.74 bits per heavy atom. The number of carbonyl (C=O) groups excluding carboxylic acids is 2. The predicted molar refractivity (Wildman–Crippen MR) is 91.5 cm³/mol. The second-order valence-corrected chi connectivity index (χ2v) is 6.82. The summed E-state index contributed by atoms with van der Waals surface area (Å²) in [5.41, 5.74) is 2.97. The minimum absolute atomic E-state index is 0.0155. The molecule has 1 aliphatic rings. The van der Waals surface area contributed by atoms with E-state index in [4.69, 9.17) is 0 Å². The van der Waals surface area contributed by atoms with Crippen molar-refractivity contribution in [3.05, 3.63) is 29.3 Å². The van der Waals surface area contributed by atoms with E-state index in [9.17, 15) is 9.59 Å². The highest BCUT2D eigenvalue weighted by Gasteiger charge is 2.29. The van der Waals surface area contributed by atoms with E-state index in [-0.39, 0.29) is 24.4 Å². The Bertz CT molecular complexity index is 561. The number of likely N-dealkylation sites (N-methyl/N-ethyl adjacent to an activating group) is 1. The molecule has 3 N–H and O–H groups in total. The monoisotopic (exact) mass is 318 g/mol. The van der Waals surface area contributed by atoms with Crippen molar-refractivity contribution < 1.29 is 14.5 Å². The van der Waals surface area contributed by atoms with Crippen LogP contribution in [0.5, 0.6) is 0 Å². The van der Waals surface area contributed by atoms with Crippen LogP contribution >= 0.6 is 0 Å². The Kier molecular flexibility index (Phi) is 5.77. The molecule has 2 amide bonds. The Balaban J connectivity index is 1.79. The van der Waals surface area contributed by atoms with Gasteiger partial charge in [0, 0.05) is 11.7 Å². The minimum Gasteiger partial charge on any atom is -0.348 e. The van der Waals surface area contributed by atoms with Crippen LogP contribution in [0.4, 0.5) is 5.69 Å². The maximum atomic E-state index is 12.2. The molecular formula is C18H28N3O2+. The molecule has 2 atom stereocenters. The van der Waals surface area contributed by atoms with Crippen LogP contribution in [0.15, 0.2) is 18.2 Å². The van der Waals surface area contributed by atoms with E-state index in [0.29, 0.717) is 12.5 Å². The van der Waals surface area contributed by atoms with E-state index < -0.39 is 0 Å². The largest absolute Gasteiger partial charge is 0.348 e. The molecule has 1 unspecified atom stereocenters. The molecule has 0 aliphatic heterocycles. The molecular weight excluding hydrogens is 290 g/mol. The molecule has 5 heteroatoms. The second-order valence-electron chi connectivity index (χ2n) is 6.82. The van der Waals surface area contributed by atoms with Crippen molar-refractivity contribution in [1.29, 1.82) is 0 Å². The van der Waals surface area contributed by atoms with Crippen LogP contribution in [0.3, 0.4) is 0 Å². The van der Waals surface area contributed by atoms with Gasteiger partial charge < -0.3 is 15.5 Å². The highest BCUT2D eigenvalue weighted by molar-refractivity contribution is 5.93. The predicted octanol–water partition coefficient (Wildman–Crippen LogP) is 0.671. The number of benzene rings is 1. The van der Waals surface area contributed by atoms with Gasteiger partial charge in [0.2, 0.25) is 0 Å². The molecule has 0 saturated heterocycles. The lowest BCUT2D eigenvalue weighted by atomic mass is 10.1. The van der Waals surface area contributed by atoms with Gasteiger partial charge in [-0.3, -0.25) is 9.59 Å². The lowest BCUT2D eigenvalue weighted by molar-refractivity contribution is -0.862. The molecule has 5 nitrogen and oxygen atoms in total. The number of carbonyl (C=O) groups is 2. The van der Waals surface area contributed by atoms with Gasteiger partial charge in [-0.25, -0.2) is 0 Å². The normalized spacial score (nSPS) is 16.5. The van der Waals surface area contributed by atoms with Crippen molar-refractivity contribution in [2.75, 3.05) is 25.5 Å². The molecule has 0 heterocycles. The smallest absolute Gasteiger partial charge is 0.279 e. The maximum Gasteiger partial charge on any atom is 0.279 e. The molecule has 1 saturated carbocycles. The fourth-order valence-corrected chi connectivity index (χ4v) is 2.82. The summed E-state index contributed by atoms with van der Waals surface area (Å²) in [6.45, 7) is 6.60. The summed E-state index contributed by atoms with van der Waals surface area (Å²) >= 11 is 0. The van der Waals surface area contributed by atoms with Crippen molar-refractivity contribution in [2.45, 2.75) is 39.7 Å². The first-order valence-electron chi connectivity index (χ1n) is 8.33. The molecule has 0 bridgehead atoms. The van der Waals surface area contributed by atoms with Crippen LogP contribution in [-0.4, -0.2) is 38.0 Å². The SMILES string of the molecule is Cc1cccc(C)c1NC(=O)C[NH+](C)CC(=O)N[C@@H](C)C1CC1. The lowest BCUT2D eigenvalue weighted by Gasteiger charge is -2.17. The van der Waals surface area contributed by atoms with E-state index in [2.05, 4.69) is 17.6 Å². The molecule has 0 spiro atoms. The van der Waals surface area contributed by atoms with Crippen LogP contribution in [0.2, 0.25) is 0 Å². The summed E-state index contributed by atoms with van der Waals surface area (Å²) in [5, 5.41) is 5.98. The number of para-hydroxylation sites is 1. The number of nitrogens with one attached hydrogen (secondary N) is 3. The van der Waals surface area contributed by atoms with E-state index in [0.717, 1.165) is 21.7 Å². The number of rotatable bonds is 7. The van der Waals surface area contributed by atoms with Gasteiger partial charge in [0.1, 0.15) is 0 Å². The quantitative estimate of drug-likeness (QED) is 0.692. The first-order chi connectivity index (χ1) is 10.9. The molecule has 1 aromatic rings. The van der Waals surface area contributed by atoms with Gasteiger partial charge in [0.15, 0.2) is 13.1 Å². The molecule has 0 radical (unpaired) electrons. The summed E-state index contributed by atoms with van der Waals surface area (Å²) in [5.74, 6) is 0.594. The van der Waals surface area contributed by atoms with Crippen molar-refractivity contribution in [1.82, 2.24) is 5.32 Å². The number of hydrogen-bond acceptors (Lipinski definition) is 2. The highest BCUT2D eigenvalue weighted by atomic mass is 16.2. The maximum absolute atomic E-state index is 12.2. The third-order valence-electron chi connectivity index (χ3n) is 4.39. The molecule has 1 aliphatic carbocycles. The van der Waals surface area contributed by atoms with Gasteiger partial charge in [-0.05, 0) is 50.7 Å². The van der Waals surface area contributed by atoms with Gasteiger partial charge >= 0.3 is 0 Å². The second kappa shape index (κ2) is 7.59. The number of aryl methyl sites for hydroxylation is 2. The molecule has 126 valence electrons. The fraction of sp³-hybridized carbons (Fsp3) is 0.556. The van der Waals surface area contributed by atoms with E-state index >= 15 is 0 Å². The Hall–Kier alpha value is -1.88. The number of anilines is 1. The summed E-state index contributed by atoms with van der Waals surface area (Å²) in [7, 11) is 1.87. The topological polar surface area (TPSA) is 62.6 Å². The number of hydrogen-bond donors (Lipinski definition) is 3. The fourth-order valence-electron chi connectivity index (χ4n) is 2.82. The van der Waals surface area contributed by atoms with E-state index in [1.165, 1.54) is 12.8 Å². The zero-order valence-corrected chi connectivity index (χ0v) is 14.5. The standard InChI is InChI=1S/C18H27N3O2/c1-12-6-5-7-13(2)18(12)20-17(23)11-21(4)10-16(22)19-14(3)15-8-9-15/h5-7,14-15H,8-11H2,1-4H3,(H,19,22)(H,20,23)/p+1/t14-/m0/s1. The summed E-state index contributed by atoms with van der Waals surface area (Å²) < 4.78 is 0. The van der Waals surface area contributed by atoms with Crippen LogP contribution in [-0.2, 0) is 9.59 Å². The van der Waals surface area contributed by atoms with Crippen molar-refractivity contribution in [3.63, 3.8) is 0 Å². The number of amides is 2. The molecule has 23 heavy (non-hydrogen) atoms. The Morgan fingerprint density at radius 1 is 1.17 bits per heavy atom. The Morgan fingerprint density at radius 3 is 2.30 bits per heavy atom. The number of quaternary nitrogens is 1. The molecule has 1 aromatic carbocycles. The van der Waals surface area contributed by atoms with E-state index in [1.54, 1.807) is 0 Å². The average molecular weight is 318 g/mol. The minimum atomic E-state index is -0.0667. The first-order valence-corrected chi connectivity index (χ1v) is 8.33. The van der Waals surface area contributed by atoms with Crippen LogP contribution in [0, 0.1) is 19.8 Å². The average Bonchev–Trinajstić information content (AvgIpc) is 3.27. The van der Waals surface area contributed by atoms with Crippen LogP contribution < -0.4 is 15.5 Å². The van der Waals surface area contributed by atoms with Gasteiger partial charge in [0.05, 0.1) is 7.05 Å². The Labute approximate surface area is 138 Å². The summed E-state index contributed by atoms with van der Waals surface area (Å²) in [6.07, 6.45) is 2.42. The third-order valence-corrected chi connectivity index (χ3v) is 4.39. The highest BCUT2D eigenvalue weighted by Crippen LogP contribution is 2.32. The van der Waals surface area contributed by atoms with Crippen molar-refractivity contribution in [2.24, 2.45) is 5.92 Å². The van der Waals surface area contributed by atoms with Gasteiger partial charge in [0.25, 0.3) is 11.8 Å². The zero-order valence-electron chi connectivity index (χ0n) is 14.5. The van der Waals surface area contributed by atoms with E-state index in [1.807, 2.05) is 39.1 Å². The van der Waals surface area contributed by atoms with Crippen molar-refractivity contribution in [3.8, 4) is 0 Å². The third kappa shape index (κ3) is 5.36. The first kappa shape index (κ1) is 17.5. The van der Waals surface area contributed by atoms with Crippen LogP contribution in [0.25, 0.3) is 0 Å². The van der Waals surface area contributed by atoms with Crippen LogP contribution in [0.1, 0.15) is 30.9 Å². The van der Waals surface area contributed by atoms with Gasteiger partial charge in [-0.15, -0.1) is 0 Å². The molecule has 2 rings (SSSR count). The zero-order chi connectivity index (χ0) is 17.0. The van der Waals surface area contributed by atoms with Crippen molar-refractivity contribution >= 4 is 17.5 Å². The van der Waals surface area contributed by atoms with Gasteiger partial charge in [-0.1, -0.05) is 18.2 Å².